The van der Waals surface area contributed by atoms with Gasteiger partial charge in [0.2, 0.25) is 15.9 Å². The first kappa shape index (κ1) is 21.3. The summed E-state index contributed by atoms with van der Waals surface area (Å²) in [5, 5.41) is 2.82. The zero-order chi connectivity index (χ0) is 20.9. The Morgan fingerprint density at radius 2 is 1.72 bits per heavy atom. The summed E-state index contributed by atoms with van der Waals surface area (Å²) in [5.41, 5.74) is 2.71. The van der Waals surface area contributed by atoms with Gasteiger partial charge in [0.25, 0.3) is 0 Å². The molecule has 1 aliphatic rings. The number of sulfonamides is 1. The largest absolute Gasteiger partial charge is 0.360 e. The van der Waals surface area contributed by atoms with Crippen molar-refractivity contribution in [2.45, 2.75) is 26.1 Å². The van der Waals surface area contributed by atoms with Crippen LogP contribution in [0, 0.1) is 5.92 Å². The molecule has 0 unspecified atom stereocenters. The van der Waals surface area contributed by atoms with Crippen LogP contribution >= 0.6 is 0 Å². The Morgan fingerprint density at radius 3 is 2.34 bits per heavy atom. The van der Waals surface area contributed by atoms with Crippen LogP contribution in [0.25, 0.3) is 0 Å². The van der Waals surface area contributed by atoms with Crippen LogP contribution in [-0.2, 0) is 27.1 Å². The van der Waals surface area contributed by atoms with Crippen molar-refractivity contribution in [3.63, 3.8) is 0 Å². The number of anilines is 1. The van der Waals surface area contributed by atoms with Gasteiger partial charge in [-0.1, -0.05) is 56.3 Å². The van der Waals surface area contributed by atoms with Crippen LogP contribution in [0.2, 0.25) is 0 Å². The molecule has 1 heterocycles. The summed E-state index contributed by atoms with van der Waals surface area (Å²) < 4.78 is 27.7. The van der Waals surface area contributed by atoms with Crippen molar-refractivity contribution in [3.05, 3.63) is 65.7 Å². The molecule has 0 saturated carbocycles. The number of amides is 1. The fourth-order valence-electron chi connectivity index (χ4n) is 3.43. The second kappa shape index (κ2) is 9.41. The van der Waals surface area contributed by atoms with Crippen molar-refractivity contribution in [2.24, 2.45) is 5.92 Å². The standard InChI is InChI=1S/C22H29N3O3S/c1-18(2)14-25(29(27,28)17-20-6-4-3-5-7-20)15-19-8-10-21(11-9-19)24-13-12-23-22(26)16-24/h3-11,18H,12-17H2,1-2H3,(H,23,26). The lowest BCUT2D eigenvalue weighted by molar-refractivity contribution is -0.120. The van der Waals surface area contributed by atoms with E-state index in [0.29, 0.717) is 26.2 Å². The van der Waals surface area contributed by atoms with E-state index in [1.165, 1.54) is 0 Å². The summed E-state index contributed by atoms with van der Waals surface area (Å²) in [5.74, 6) is 0.253. The van der Waals surface area contributed by atoms with E-state index in [9.17, 15) is 13.2 Å². The van der Waals surface area contributed by atoms with Crippen LogP contribution in [0.4, 0.5) is 5.69 Å². The van der Waals surface area contributed by atoms with E-state index in [-0.39, 0.29) is 17.6 Å². The predicted octanol–water partition coefficient (Wildman–Crippen LogP) is 2.61. The Balaban J connectivity index is 1.73. The minimum Gasteiger partial charge on any atom is -0.360 e. The molecule has 1 aliphatic heterocycles. The quantitative estimate of drug-likeness (QED) is 0.720. The van der Waals surface area contributed by atoms with Crippen molar-refractivity contribution in [2.75, 3.05) is 31.1 Å². The molecule has 1 fully saturated rings. The zero-order valence-electron chi connectivity index (χ0n) is 17.0. The molecule has 2 aromatic rings. The third-order valence-electron chi connectivity index (χ3n) is 4.85. The van der Waals surface area contributed by atoms with Gasteiger partial charge < -0.3 is 10.2 Å². The second-order valence-corrected chi connectivity index (χ2v) is 9.84. The van der Waals surface area contributed by atoms with Gasteiger partial charge in [-0.05, 0) is 29.2 Å². The first-order chi connectivity index (χ1) is 13.8. The average molecular weight is 416 g/mol. The monoisotopic (exact) mass is 415 g/mol. The third kappa shape index (κ3) is 6.05. The van der Waals surface area contributed by atoms with E-state index < -0.39 is 10.0 Å². The van der Waals surface area contributed by atoms with E-state index >= 15 is 0 Å². The summed E-state index contributed by atoms with van der Waals surface area (Å²) >= 11 is 0. The molecular weight excluding hydrogens is 386 g/mol. The average Bonchev–Trinajstić information content (AvgIpc) is 2.68. The maximum absolute atomic E-state index is 13.1. The highest BCUT2D eigenvalue weighted by Crippen LogP contribution is 2.20. The lowest BCUT2D eigenvalue weighted by atomic mass is 10.1. The maximum Gasteiger partial charge on any atom is 0.239 e. The second-order valence-electron chi connectivity index (χ2n) is 7.87. The van der Waals surface area contributed by atoms with Crippen molar-refractivity contribution < 1.29 is 13.2 Å². The van der Waals surface area contributed by atoms with E-state index in [1.807, 2.05) is 73.3 Å². The molecule has 29 heavy (non-hydrogen) atoms. The molecule has 0 spiro atoms. The van der Waals surface area contributed by atoms with Gasteiger partial charge in [0.15, 0.2) is 0 Å². The number of carbonyl (C=O) groups excluding carboxylic acids is 1. The number of piperazine rings is 1. The lowest BCUT2D eigenvalue weighted by Gasteiger charge is -2.29. The predicted molar refractivity (Wildman–Crippen MR) is 116 cm³/mol. The SMILES string of the molecule is CC(C)CN(Cc1ccc(N2CCNC(=O)C2)cc1)S(=O)(=O)Cc1ccccc1. The molecule has 1 N–H and O–H groups in total. The number of carbonyl (C=O) groups is 1. The van der Waals surface area contributed by atoms with Gasteiger partial charge >= 0.3 is 0 Å². The summed E-state index contributed by atoms with van der Waals surface area (Å²) in [7, 11) is -3.44. The summed E-state index contributed by atoms with van der Waals surface area (Å²) in [6.07, 6.45) is 0. The first-order valence-electron chi connectivity index (χ1n) is 9.96. The van der Waals surface area contributed by atoms with Gasteiger partial charge in [-0.2, -0.15) is 4.31 Å². The van der Waals surface area contributed by atoms with Crippen LogP contribution in [0.1, 0.15) is 25.0 Å². The Bertz CT molecular complexity index is 912. The lowest BCUT2D eigenvalue weighted by Crippen LogP contribution is -2.47. The molecule has 7 heteroatoms. The number of benzene rings is 2. The van der Waals surface area contributed by atoms with E-state index in [2.05, 4.69) is 5.32 Å². The van der Waals surface area contributed by atoms with E-state index in [1.54, 1.807) is 4.31 Å². The summed E-state index contributed by atoms with van der Waals surface area (Å²) in [6, 6.07) is 17.1. The fraction of sp³-hybridized carbons (Fsp3) is 0.409. The minimum absolute atomic E-state index is 0.00152. The highest BCUT2D eigenvalue weighted by Gasteiger charge is 2.24. The number of rotatable bonds is 8. The molecule has 2 aromatic carbocycles. The third-order valence-corrected chi connectivity index (χ3v) is 6.62. The molecular formula is C22H29N3O3S. The van der Waals surface area contributed by atoms with Gasteiger partial charge in [0.1, 0.15) is 0 Å². The fourth-order valence-corrected chi connectivity index (χ4v) is 5.10. The molecule has 3 rings (SSSR count). The molecule has 0 atom stereocenters. The number of hydrogen-bond donors (Lipinski definition) is 1. The van der Waals surface area contributed by atoms with Gasteiger partial charge in [0, 0.05) is 31.9 Å². The number of hydrogen-bond acceptors (Lipinski definition) is 4. The van der Waals surface area contributed by atoms with Crippen LogP contribution in [0.15, 0.2) is 54.6 Å². The zero-order valence-corrected chi connectivity index (χ0v) is 17.9. The van der Waals surface area contributed by atoms with Crippen LogP contribution in [0.5, 0.6) is 0 Å². The summed E-state index contributed by atoms with van der Waals surface area (Å²) in [6.45, 7) is 6.63. The molecule has 0 radical (unpaired) electrons. The molecule has 1 amide bonds. The van der Waals surface area contributed by atoms with Gasteiger partial charge in [-0.15, -0.1) is 0 Å². The molecule has 1 saturated heterocycles. The van der Waals surface area contributed by atoms with Crippen LogP contribution < -0.4 is 10.2 Å². The van der Waals surface area contributed by atoms with Crippen LogP contribution in [-0.4, -0.2) is 44.8 Å². The van der Waals surface area contributed by atoms with E-state index in [4.69, 9.17) is 0 Å². The Kier molecular flexibility index (Phi) is 6.92. The van der Waals surface area contributed by atoms with Crippen molar-refractivity contribution in [3.8, 4) is 0 Å². The summed E-state index contributed by atoms with van der Waals surface area (Å²) in [4.78, 5) is 13.6. The molecule has 6 nitrogen and oxygen atoms in total. The Morgan fingerprint density at radius 1 is 1.03 bits per heavy atom. The van der Waals surface area contributed by atoms with Crippen LogP contribution in [0.3, 0.4) is 0 Å². The van der Waals surface area contributed by atoms with E-state index in [0.717, 1.165) is 23.4 Å². The highest BCUT2D eigenvalue weighted by molar-refractivity contribution is 7.88. The van der Waals surface area contributed by atoms with Crippen molar-refractivity contribution in [1.82, 2.24) is 9.62 Å². The normalized spacial score (nSPS) is 15.0. The highest BCUT2D eigenvalue weighted by atomic mass is 32.2. The van der Waals surface area contributed by atoms with Gasteiger partial charge in [-0.25, -0.2) is 8.42 Å². The number of nitrogens with one attached hydrogen (secondary N) is 1. The smallest absolute Gasteiger partial charge is 0.239 e. The Hall–Kier alpha value is -2.38. The molecule has 0 aromatic heterocycles. The topological polar surface area (TPSA) is 69.7 Å². The van der Waals surface area contributed by atoms with Gasteiger partial charge in [0.05, 0.1) is 12.3 Å². The van der Waals surface area contributed by atoms with Gasteiger partial charge in [-0.3, -0.25) is 4.79 Å². The minimum atomic E-state index is -3.44. The van der Waals surface area contributed by atoms with Crippen molar-refractivity contribution in [1.29, 1.82) is 0 Å². The first-order valence-corrected chi connectivity index (χ1v) is 11.6. The molecule has 0 bridgehead atoms. The maximum atomic E-state index is 13.1. The Labute approximate surface area is 173 Å². The molecule has 0 aliphatic carbocycles. The van der Waals surface area contributed by atoms with Crippen molar-refractivity contribution >= 4 is 21.6 Å². The number of nitrogens with zero attached hydrogens (tertiary/aromatic N) is 2. The molecule has 156 valence electrons.